The van der Waals surface area contributed by atoms with Crippen molar-refractivity contribution < 1.29 is 0 Å². The van der Waals surface area contributed by atoms with Crippen LogP contribution in [-0.4, -0.2) is 0 Å². The predicted octanol–water partition coefficient (Wildman–Crippen LogP) is 4.93. The minimum atomic E-state index is 0.352. The number of benzene rings is 3. The van der Waals surface area contributed by atoms with Crippen LogP contribution in [-0.2, 0) is 0 Å². The summed E-state index contributed by atoms with van der Waals surface area (Å²) >= 11 is 0. The van der Waals surface area contributed by atoms with E-state index in [1.807, 2.05) is 24.3 Å². The number of rotatable bonds is 3. The van der Waals surface area contributed by atoms with Gasteiger partial charge in [0.05, 0.1) is 12.1 Å². The Balaban J connectivity index is 1.75. The van der Waals surface area contributed by atoms with E-state index in [2.05, 4.69) is 59.5 Å². The second-order valence-corrected chi connectivity index (χ2v) is 6.69. The van der Waals surface area contributed by atoms with Crippen LogP contribution < -0.4 is 16.4 Å². The van der Waals surface area contributed by atoms with Crippen molar-refractivity contribution in [3.63, 3.8) is 0 Å². The Bertz CT molecular complexity index is 772. The zero-order chi connectivity index (χ0) is 17.2. The molecule has 1 aliphatic rings. The largest absolute Gasteiger partial charge is 0.399 e. The van der Waals surface area contributed by atoms with Crippen molar-refractivity contribution in [3.8, 4) is 0 Å². The summed E-state index contributed by atoms with van der Waals surface area (Å²) in [6, 6.07) is 28.0. The van der Waals surface area contributed by atoms with Crippen LogP contribution >= 0.6 is 0 Å². The Kier molecular flexibility index (Phi) is 4.06. The van der Waals surface area contributed by atoms with E-state index < -0.39 is 0 Å². The van der Waals surface area contributed by atoms with Crippen LogP contribution in [0.25, 0.3) is 0 Å². The maximum absolute atomic E-state index is 5.88. The Labute approximate surface area is 148 Å². The van der Waals surface area contributed by atoms with E-state index in [9.17, 15) is 0 Å². The number of nitrogen functional groups attached to an aromatic ring is 2. The van der Waals surface area contributed by atoms with Gasteiger partial charge >= 0.3 is 0 Å². The summed E-state index contributed by atoms with van der Waals surface area (Å²) in [5.41, 5.74) is 17.3. The first-order chi connectivity index (χ1) is 12.2. The third-order valence-corrected chi connectivity index (χ3v) is 5.08. The lowest BCUT2D eigenvalue weighted by Crippen LogP contribution is -2.26. The molecule has 1 aliphatic heterocycles. The molecule has 3 nitrogen and oxygen atoms in total. The summed E-state index contributed by atoms with van der Waals surface area (Å²) in [4.78, 5) is 2.54. The summed E-state index contributed by atoms with van der Waals surface area (Å²) in [6.07, 6.45) is 2.24. The molecule has 1 fully saturated rings. The zero-order valence-corrected chi connectivity index (χ0v) is 14.2. The average Bonchev–Trinajstić information content (AvgIpc) is 3.09. The first kappa shape index (κ1) is 15.6. The molecule has 4 N–H and O–H groups in total. The number of hydrogen-bond donors (Lipinski definition) is 2. The highest BCUT2D eigenvalue weighted by molar-refractivity contribution is 5.54. The second kappa shape index (κ2) is 6.52. The summed E-state index contributed by atoms with van der Waals surface area (Å²) in [6.45, 7) is 0. The van der Waals surface area contributed by atoms with E-state index in [0.29, 0.717) is 12.1 Å². The van der Waals surface area contributed by atoms with Crippen LogP contribution in [0.4, 0.5) is 17.1 Å². The molecule has 2 atom stereocenters. The molecule has 0 radical (unpaired) electrons. The van der Waals surface area contributed by atoms with Crippen LogP contribution in [0.15, 0.2) is 78.9 Å². The molecule has 4 rings (SSSR count). The maximum atomic E-state index is 5.88. The third-order valence-electron chi connectivity index (χ3n) is 5.08. The number of nitrogens with zero attached hydrogens (tertiary/aromatic N) is 1. The Morgan fingerprint density at radius 3 is 1.48 bits per heavy atom. The van der Waals surface area contributed by atoms with Crippen LogP contribution in [0.5, 0.6) is 0 Å². The lowest BCUT2D eigenvalue weighted by Gasteiger charge is -2.33. The first-order valence-electron chi connectivity index (χ1n) is 8.76. The van der Waals surface area contributed by atoms with Gasteiger partial charge in [-0.1, -0.05) is 42.5 Å². The Morgan fingerprint density at radius 2 is 1.04 bits per heavy atom. The number of hydrogen-bond acceptors (Lipinski definition) is 3. The van der Waals surface area contributed by atoms with E-state index in [1.54, 1.807) is 0 Å². The molecule has 25 heavy (non-hydrogen) atoms. The average molecular weight is 329 g/mol. The minimum Gasteiger partial charge on any atom is -0.399 e. The van der Waals surface area contributed by atoms with Gasteiger partial charge in [0.2, 0.25) is 0 Å². The topological polar surface area (TPSA) is 55.3 Å². The highest BCUT2D eigenvalue weighted by Gasteiger charge is 2.35. The molecule has 1 heterocycles. The molecule has 3 heteroatoms. The molecule has 126 valence electrons. The molecule has 0 aromatic heterocycles. The molecular formula is C22H23N3. The Hall–Kier alpha value is -2.94. The van der Waals surface area contributed by atoms with Gasteiger partial charge in [0.25, 0.3) is 0 Å². The van der Waals surface area contributed by atoms with Crippen molar-refractivity contribution in [3.05, 3.63) is 90.0 Å². The highest BCUT2D eigenvalue weighted by atomic mass is 15.2. The van der Waals surface area contributed by atoms with E-state index >= 15 is 0 Å². The fourth-order valence-corrected chi connectivity index (χ4v) is 3.86. The normalized spacial score (nSPS) is 19.9. The van der Waals surface area contributed by atoms with Crippen LogP contribution in [0.2, 0.25) is 0 Å². The van der Waals surface area contributed by atoms with Gasteiger partial charge in [-0.15, -0.1) is 0 Å². The smallest absolute Gasteiger partial charge is 0.0549 e. The van der Waals surface area contributed by atoms with Crippen molar-refractivity contribution in [2.45, 2.75) is 24.9 Å². The first-order valence-corrected chi connectivity index (χ1v) is 8.76. The third kappa shape index (κ3) is 3.05. The minimum absolute atomic E-state index is 0.352. The molecule has 3 aromatic rings. The fraction of sp³-hybridized carbons (Fsp3) is 0.182. The molecule has 0 unspecified atom stereocenters. The molecule has 0 spiro atoms. The summed E-state index contributed by atoms with van der Waals surface area (Å²) in [5.74, 6) is 0. The molecule has 0 bridgehead atoms. The van der Waals surface area contributed by atoms with Gasteiger partial charge in [-0.2, -0.15) is 0 Å². The fourth-order valence-electron chi connectivity index (χ4n) is 3.86. The van der Waals surface area contributed by atoms with E-state index in [1.165, 1.54) is 16.8 Å². The standard InChI is InChI=1S/C22H23N3/c23-18-10-6-16(7-11-18)21-14-15-22(17-8-12-19(24)13-9-17)25(21)20-4-2-1-3-5-20/h1-13,21-22H,14-15,23-24H2/t21-,22-/m0/s1. The molecule has 0 amide bonds. The molecule has 3 aromatic carbocycles. The van der Waals surface area contributed by atoms with Gasteiger partial charge in [0.15, 0.2) is 0 Å². The zero-order valence-electron chi connectivity index (χ0n) is 14.2. The molecule has 0 aliphatic carbocycles. The number of anilines is 3. The summed E-state index contributed by atoms with van der Waals surface area (Å²) < 4.78 is 0. The van der Waals surface area contributed by atoms with Gasteiger partial charge in [0.1, 0.15) is 0 Å². The number of para-hydroxylation sites is 1. The lowest BCUT2D eigenvalue weighted by atomic mass is 10.0. The maximum Gasteiger partial charge on any atom is 0.0549 e. The van der Waals surface area contributed by atoms with Crippen molar-refractivity contribution in [2.24, 2.45) is 0 Å². The monoisotopic (exact) mass is 329 g/mol. The van der Waals surface area contributed by atoms with E-state index in [4.69, 9.17) is 11.5 Å². The highest BCUT2D eigenvalue weighted by Crippen LogP contribution is 2.46. The predicted molar refractivity (Wildman–Crippen MR) is 105 cm³/mol. The second-order valence-electron chi connectivity index (χ2n) is 6.69. The number of nitrogens with two attached hydrogens (primary N) is 2. The van der Waals surface area contributed by atoms with E-state index in [0.717, 1.165) is 24.2 Å². The summed E-state index contributed by atoms with van der Waals surface area (Å²) in [5, 5.41) is 0. The van der Waals surface area contributed by atoms with Crippen LogP contribution in [0, 0.1) is 0 Å². The van der Waals surface area contributed by atoms with Gasteiger partial charge in [-0.25, -0.2) is 0 Å². The Morgan fingerprint density at radius 1 is 0.600 bits per heavy atom. The van der Waals surface area contributed by atoms with Crippen molar-refractivity contribution in [1.29, 1.82) is 0 Å². The van der Waals surface area contributed by atoms with Gasteiger partial charge < -0.3 is 16.4 Å². The van der Waals surface area contributed by atoms with Gasteiger partial charge in [-0.3, -0.25) is 0 Å². The van der Waals surface area contributed by atoms with Gasteiger partial charge in [0, 0.05) is 17.1 Å². The van der Waals surface area contributed by atoms with Crippen LogP contribution in [0.3, 0.4) is 0 Å². The molecular weight excluding hydrogens is 306 g/mol. The van der Waals surface area contributed by atoms with E-state index in [-0.39, 0.29) is 0 Å². The van der Waals surface area contributed by atoms with Crippen molar-refractivity contribution >= 4 is 17.1 Å². The van der Waals surface area contributed by atoms with Crippen LogP contribution in [0.1, 0.15) is 36.1 Å². The van der Waals surface area contributed by atoms with Crippen molar-refractivity contribution in [1.82, 2.24) is 0 Å². The lowest BCUT2D eigenvalue weighted by molar-refractivity contribution is 0.674. The molecule has 0 saturated carbocycles. The van der Waals surface area contributed by atoms with Gasteiger partial charge in [-0.05, 0) is 60.4 Å². The van der Waals surface area contributed by atoms with Crippen molar-refractivity contribution in [2.75, 3.05) is 16.4 Å². The summed E-state index contributed by atoms with van der Waals surface area (Å²) in [7, 11) is 0. The molecule has 1 saturated heterocycles. The quantitative estimate of drug-likeness (QED) is 0.670. The SMILES string of the molecule is Nc1ccc([C@@H]2CC[C@@H](c3ccc(N)cc3)N2c2ccccc2)cc1.